The van der Waals surface area contributed by atoms with Crippen molar-refractivity contribution in [3.8, 4) is 0 Å². The minimum absolute atomic E-state index is 0.270. The molecule has 0 amide bonds. The Kier molecular flexibility index (Phi) is 6.09. The van der Waals surface area contributed by atoms with E-state index in [1.165, 1.54) is 0 Å². The highest BCUT2D eigenvalue weighted by atomic mass is 32.2. The summed E-state index contributed by atoms with van der Waals surface area (Å²) >= 11 is 0. The van der Waals surface area contributed by atoms with Crippen LogP contribution in [0.1, 0.15) is 21.5 Å². The number of nitrogens with two attached hydrogens (primary N) is 1. The van der Waals surface area contributed by atoms with Crippen LogP contribution >= 0.6 is 0 Å². The molecule has 1 heterocycles. The van der Waals surface area contributed by atoms with Gasteiger partial charge in [0.05, 0.1) is 32.9 Å². The normalized spacial score (nSPS) is 18.7. The molecule has 0 saturated carbocycles. The Labute approximate surface area is 191 Å². The number of Topliss-reactive ketones (excluding diaryl/α,β-unsaturated/α-hetero) is 1. The third-order valence-corrected chi connectivity index (χ3v) is 6.19. The molecule has 33 heavy (non-hydrogen) atoms. The molecule has 8 nitrogen and oxygen atoms in total. The van der Waals surface area contributed by atoms with E-state index in [4.69, 9.17) is 38.2 Å². The SMILES string of the molecule is [B]C1(c2ccc(C(=O)OC)c(F)c2)OC(N)=C(OS(=O)(=O)C([B])([B])c2ccc(F)cc2)C1=O. The van der Waals surface area contributed by atoms with Gasteiger partial charge in [-0.1, -0.05) is 18.2 Å². The number of hydrogen-bond acceptors (Lipinski definition) is 8. The Bertz CT molecular complexity index is 1280. The van der Waals surface area contributed by atoms with Crippen LogP contribution in [0.15, 0.2) is 54.1 Å². The van der Waals surface area contributed by atoms with Crippen molar-refractivity contribution in [1.29, 1.82) is 0 Å². The summed E-state index contributed by atoms with van der Waals surface area (Å²) in [5, 5.41) is 0. The highest BCUT2D eigenvalue weighted by molar-refractivity contribution is 7.90. The van der Waals surface area contributed by atoms with Crippen molar-refractivity contribution in [3.05, 3.63) is 82.4 Å². The van der Waals surface area contributed by atoms with E-state index in [-0.39, 0.29) is 11.1 Å². The summed E-state index contributed by atoms with van der Waals surface area (Å²) in [6.45, 7) is 0. The van der Waals surface area contributed by atoms with Gasteiger partial charge in [-0.05, 0) is 35.4 Å². The van der Waals surface area contributed by atoms with E-state index in [0.717, 1.165) is 43.5 Å². The highest BCUT2D eigenvalue weighted by Gasteiger charge is 2.50. The summed E-state index contributed by atoms with van der Waals surface area (Å²) in [6, 6.07) is 6.59. The van der Waals surface area contributed by atoms with E-state index in [2.05, 4.69) is 4.74 Å². The van der Waals surface area contributed by atoms with Crippen molar-refractivity contribution >= 4 is 45.4 Å². The first-order valence-electron chi connectivity index (χ1n) is 8.93. The molecule has 2 N–H and O–H groups in total. The van der Waals surface area contributed by atoms with Crippen LogP contribution in [0, 0.1) is 11.6 Å². The van der Waals surface area contributed by atoms with Gasteiger partial charge in [-0.25, -0.2) is 13.6 Å². The van der Waals surface area contributed by atoms with Crippen LogP contribution in [0.25, 0.3) is 0 Å². The summed E-state index contributed by atoms with van der Waals surface area (Å²) in [5.41, 5.74) is 2.06. The highest BCUT2D eigenvalue weighted by Crippen LogP contribution is 2.38. The minimum atomic E-state index is -5.03. The van der Waals surface area contributed by atoms with Crippen LogP contribution in [-0.2, 0) is 38.6 Å². The Hall–Kier alpha value is -3.28. The van der Waals surface area contributed by atoms with Crippen molar-refractivity contribution in [2.45, 2.75) is 10.0 Å². The van der Waals surface area contributed by atoms with Gasteiger partial charge in [0.2, 0.25) is 17.4 Å². The maximum absolute atomic E-state index is 14.3. The Morgan fingerprint density at radius 1 is 1.15 bits per heavy atom. The summed E-state index contributed by atoms with van der Waals surface area (Å²) in [7, 11) is 13.3. The fraction of sp³-hybridized carbons (Fsp3) is 0.158. The largest absolute Gasteiger partial charge is 0.467 e. The number of rotatable bonds is 6. The van der Waals surface area contributed by atoms with Crippen LogP contribution in [0.5, 0.6) is 0 Å². The molecule has 1 aliphatic rings. The van der Waals surface area contributed by atoms with Gasteiger partial charge < -0.3 is 19.4 Å². The monoisotopic (exact) mass is 469 g/mol. The molecule has 2 aromatic carbocycles. The van der Waals surface area contributed by atoms with Gasteiger partial charge in [0.25, 0.3) is 0 Å². The van der Waals surface area contributed by atoms with Crippen molar-refractivity contribution in [1.82, 2.24) is 0 Å². The van der Waals surface area contributed by atoms with Crippen LogP contribution in [0.3, 0.4) is 0 Å². The zero-order chi connectivity index (χ0) is 24.8. The number of esters is 1. The first-order valence-corrected chi connectivity index (χ1v) is 10.3. The molecular formula is C19H12B3F2NO7S. The third kappa shape index (κ3) is 4.10. The molecule has 0 aromatic heterocycles. The quantitative estimate of drug-likeness (QED) is 0.365. The van der Waals surface area contributed by atoms with E-state index in [9.17, 15) is 26.8 Å². The second kappa shape index (κ2) is 8.25. The Morgan fingerprint density at radius 3 is 2.30 bits per heavy atom. The zero-order valence-corrected chi connectivity index (χ0v) is 17.7. The molecule has 1 aliphatic heterocycles. The summed E-state index contributed by atoms with van der Waals surface area (Å²) in [5.74, 6) is -5.98. The van der Waals surface area contributed by atoms with E-state index in [0.29, 0.717) is 6.07 Å². The molecule has 0 saturated heterocycles. The van der Waals surface area contributed by atoms with E-state index in [1.807, 2.05) is 0 Å². The fourth-order valence-electron chi connectivity index (χ4n) is 2.87. The molecule has 164 valence electrons. The molecule has 0 spiro atoms. The number of hydrogen-bond donors (Lipinski definition) is 1. The third-order valence-electron chi connectivity index (χ3n) is 4.74. The number of methoxy groups -OCH3 is 1. The van der Waals surface area contributed by atoms with E-state index < -0.39 is 60.8 Å². The average Bonchev–Trinajstić information content (AvgIpc) is 2.97. The number of carbonyl (C=O) groups is 2. The van der Waals surface area contributed by atoms with Crippen molar-refractivity contribution in [2.75, 3.05) is 7.11 Å². The summed E-state index contributed by atoms with van der Waals surface area (Å²) in [4.78, 5) is 24.4. The number of benzene rings is 2. The number of ether oxygens (including phenoxy) is 2. The lowest BCUT2D eigenvalue weighted by atomic mass is 9.65. The minimum Gasteiger partial charge on any atom is -0.467 e. The van der Waals surface area contributed by atoms with Crippen LogP contribution < -0.4 is 5.73 Å². The van der Waals surface area contributed by atoms with Gasteiger partial charge in [-0.15, -0.1) is 0 Å². The average molecular weight is 469 g/mol. The van der Waals surface area contributed by atoms with Crippen LogP contribution in [0.4, 0.5) is 8.78 Å². The molecular weight excluding hydrogens is 457 g/mol. The molecule has 1 unspecified atom stereocenters. The van der Waals surface area contributed by atoms with Gasteiger partial charge in [0, 0.05) is 0 Å². The molecule has 14 heteroatoms. The molecule has 0 bridgehead atoms. The van der Waals surface area contributed by atoms with Gasteiger partial charge in [-0.2, -0.15) is 8.42 Å². The maximum atomic E-state index is 14.3. The van der Waals surface area contributed by atoms with Crippen molar-refractivity contribution < 1.29 is 40.4 Å². The van der Waals surface area contributed by atoms with Gasteiger partial charge in [0.15, 0.2) is 5.50 Å². The molecule has 6 radical (unpaired) electrons. The molecule has 1 atom stereocenters. The summed E-state index contributed by atoms with van der Waals surface area (Å²) < 4.78 is 64.5. The van der Waals surface area contributed by atoms with E-state index in [1.54, 1.807) is 0 Å². The molecule has 0 aliphatic carbocycles. The van der Waals surface area contributed by atoms with Gasteiger partial charge >= 0.3 is 16.1 Å². The standard InChI is InChI=1S/C19H12B3F2NO7S/c1-30-17(27)12-7-4-10(8-13(12)24)18(20)15(26)14(16(25)31-18)32-33(28,29)19(21,22)9-2-5-11(23)6-3-9/h2-8H,25H2,1H3. The fourth-order valence-corrected chi connectivity index (χ4v) is 3.81. The second-order valence-electron chi connectivity index (χ2n) is 6.88. The Balaban J connectivity index is 1.93. The van der Waals surface area contributed by atoms with Crippen LogP contribution in [0.2, 0.25) is 0 Å². The predicted molar refractivity (Wildman–Crippen MR) is 112 cm³/mol. The van der Waals surface area contributed by atoms with E-state index >= 15 is 0 Å². The Morgan fingerprint density at radius 2 is 1.76 bits per heavy atom. The number of ketones is 1. The lowest BCUT2D eigenvalue weighted by molar-refractivity contribution is -0.126. The lowest BCUT2D eigenvalue weighted by Gasteiger charge is -2.26. The summed E-state index contributed by atoms with van der Waals surface area (Å²) in [6.07, 6.45) is 0. The van der Waals surface area contributed by atoms with Gasteiger partial charge in [0.1, 0.15) is 19.5 Å². The second-order valence-corrected chi connectivity index (χ2v) is 8.63. The first kappa shape index (κ1) is 24.4. The van der Waals surface area contributed by atoms with Crippen molar-refractivity contribution in [2.24, 2.45) is 5.73 Å². The smallest absolute Gasteiger partial charge is 0.340 e. The molecule has 3 rings (SSSR count). The zero-order valence-electron chi connectivity index (χ0n) is 16.9. The predicted octanol–water partition coefficient (Wildman–Crippen LogP) is 0.294. The molecule has 0 fully saturated rings. The van der Waals surface area contributed by atoms with Crippen molar-refractivity contribution in [3.63, 3.8) is 0 Å². The van der Waals surface area contributed by atoms with Crippen LogP contribution in [-0.4, -0.2) is 50.8 Å². The number of carbonyl (C=O) groups excluding carboxylic acids is 2. The number of halogens is 2. The first-order chi connectivity index (χ1) is 15.2. The maximum Gasteiger partial charge on any atom is 0.340 e. The molecule has 2 aromatic rings. The lowest BCUT2D eigenvalue weighted by Crippen LogP contribution is -2.40. The van der Waals surface area contributed by atoms with Gasteiger partial charge in [-0.3, -0.25) is 4.79 Å². The topological polar surface area (TPSA) is 122 Å².